The van der Waals surface area contributed by atoms with Crippen molar-refractivity contribution < 1.29 is 13.2 Å². The van der Waals surface area contributed by atoms with E-state index in [2.05, 4.69) is 16.0 Å². The molecule has 1 spiro atoms. The summed E-state index contributed by atoms with van der Waals surface area (Å²) in [5.41, 5.74) is 8.13. The second-order valence-electron chi connectivity index (χ2n) is 9.81. The van der Waals surface area contributed by atoms with Crippen molar-refractivity contribution in [3.63, 3.8) is 0 Å². The van der Waals surface area contributed by atoms with Gasteiger partial charge in [0.2, 0.25) is 0 Å². The van der Waals surface area contributed by atoms with Gasteiger partial charge in [0.15, 0.2) is 9.84 Å². The Morgan fingerprint density at radius 2 is 1.95 bits per heavy atom. The van der Waals surface area contributed by atoms with Gasteiger partial charge in [0.05, 0.1) is 32.8 Å². The summed E-state index contributed by atoms with van der Waals surface area (Å²) in [6.45, 7) is 2.89. The Balaban J connectivity index is 1.36. The lowest BCUT2D eigenvalue weighted by Crippen LogP contribution is -2.57. The number of hydrogen-bond donors (Lipinski definition) is 2. The molecule has 0 unspecified atom stereocenters. The summed E-state index contributed by atoms with van der Waals surface area (Å²) in [6.07, 6.45) is 4.65. The summed E-state index contributed by atoms with van der Waals surface area (Å²) in [5, 5.41) is 19.4. The first kappa shape index (κ1) is 26.2. The molecule has 0 amide bonds. The van der Waals surface area contributed by atoms with E-state index in [1.165, 1.54) is 18.6 Å². The molecule has 0 aliphatic carbocycles. The van der Waals surface area contributed by atoms with E-state index in [0.717, 1.165) is 0 Å². The number of nitrogens with one attached hydrogen (secondary N) is 1. The van der Waals surface area contributed by atoms with E-state index in [4.69, 9.17) is 39.1 Å². The topological polar surface area (TPSA) is 146 Å². The molecule has 5 rings (SSSR count). The zero-order chi connectivity index (χ0) is 27.2. The fraction of sp³-hybridized carbons (Fsp3) is 0.308. The molecule has 2 saturated heterocycles. The number of hydrogen-bond acceptors (Lipinski definition) is 9. The zero-order valence-corrected chi connectivity index (χ0v) is 22.7. The molecule has 1 aromatic carbocycles. The van der Waals surface area contributed by atoms with Gasteiger partial charge in [-0.05, 0) is 37.6 Å². The molecule has 0 bridgehead atoms. The minimum atomic E-state index is -3.00. The number of nitrogen functional groups attached to an aromatic ring is 1. The van der Waals surface area contributed by atoms with E-state index >= 15 is 0 Å². The molecule has 2 aromatic heterocycles. The van der Waals surface area contributed by atoms with Gasteiger partial charge in [-0.1, -0.05) is 23.2 Å². The zero-order valence-electron chi connectivity index (χ0n) is 20.4. The number of ether oxygens (including phenoxy) is 1. The molecule has 1 atom stereocenters. The summed E-state index contributed by atoms with van der Waals surface area (Å²) in [7, 11) is -3.00. The molecule has 38 heavy (non-hydrogen) atoms. The lowest BCUT2D eigenvalue weighted by atomic mass is 9.79. The standard InChI is InChI=1S/C26H24Cl2N6O3S/c1-15(23-20(27)10-32-11-21(23)28)37-18-2-3-22(30)19(7-18)24(31)17-6-16(8-29)25(33-9-17)34-12-26(13-34)4-5-38(35,36)14-26/h2-3,6-7,9-11,15,31H,4-5,12-14,30H2,1H3/t15-/m1/s1. The Kier molecular flexibility index (Phi) is 6.71. The third-order valence-corrected chi connectivity index (χ3v) is 9.48. The van der Waals surface area contributed by atoms with Crippen LogP contribution in [-0.4, -0.2) is 48.7 Å². The maximum atomic E-state index is 11.9. The number of nitrogens with zero attached hydrogens (tertiary/aromatic N) is 4. The summed E-state index contributed by atoms with van der Waals surface area (Å²) >= 11 is 12.5. The first-order valence-corrected chi connectivity index (χ1v) is 14.4. The van der Waals surface area contributed by atoms with Gasteiger partial charge < -0.3 is 15.4 Å². The Labute approximate surface area is 230 Å². The fourth-order valence-corrected chi connectivity index (χ4v) is 7.95. The average Bonchev–Trinajstić information content (AvgIpc) is 3.19. The van der Waals surface area contributed by atoms with Crippen molar-refractivity contribution in [1.82, 2.24) is 9.97 Å². The molecule has 3 aromatic rings. The second kappa shape index (κ2) is 9.73. The first-order valence-electron chi connectivity index (χ1n) is 11.8. The maximum Gasteiger partial charge on any atom is 0.151 e. The summed E-state index contributed by atoms with van der Waals surface area (Å²) in [5.74, 6) is 1.33. The van der Waals surface area contributed by atoms with Crippen molar-refractivity contribution in [1.29, 1.82) is 10.7 Å². The van der Waals surface area contributed by atoms with Gasteiger partial charge in [-0.3, -0.25) is 10.4 Å². The van der Waals surface area contributed by atoms with E-state index in [0.29, 0.717) is 69.1 Å². The molecule has 4 heterocycles. The number of nitrogens with two attached hydrogens (primary N) is 1. The van der Waals surface area contributed by atoms with Crippen LogP contribution in [0.5, 0.6) is 5.75 Å². The number of pyridine rings is 2. The summed E-state index contributed by atoms with van der Waals surface area (Å²) in [4.78, 5) is 10.4. The Hall–Kier alpha value is -3.39. The number of aromatic nitrogens is 2. The minimum Gasteiger partial charge on any atom is -0.486 e. The van der Waals surface area contributed by atoms with Crippen LogP contribution in [0.1, 0.15) is 41.7 Å². The number of anilines is 2. The van der Waals surface area contributed by atoms with Crippen molar-refractivity contribution in [2.75, 3.05) is 35.2 Å². The lowest BCUT2D eigenvalue weighted by molar-refractivity contribution is 0.227. The van der Waals surface area contributed by atoms with Gasteiger partial charge in [-0.15, -0.1) is 0 Å². The van der Waals surface area contributed by atoms with Crippen LogP contribution in [0.4, 0.5) is 11.5 Å². The lowest BCUT2D eigenvalue weighted by Gasteiger charge is -2.48. The van der Waals surface area contributed by atoms with Crippen LogP contribution >= 0.6 is 23.2 Å². The SMILES string of the molecule is C[C@@H](Oc1ccc(N)c(C(=N)c2cnc(N3CC4(CCS(=O)(=O)C4)C3)c(C#N)c2)c1)c1c(Cl)cncc1Cl. The predicted molar refractivity (Wildman–Crippen MR) is 147 cm³/mol. The highest BCUT2D eigenvalue weighted by atomic mass is 35.5. The average molecular weight is 571 g/mol. The molecule has 9 nitrogen and oxygen atoms in total. The molecule has 196 valence electrons. The molecular formula is C26H24Cl2N6O3S. The van der Waals surface area contributed by atoms with Crippen LogP contribution < -0.4 is 15.4 Å². The molecule has 2 fully saturated rings. The van der Waals surface area contributed by atoms with Gasteiger partial charge in [-0.2, -0.15) is 5.26 Å². The number of benzene rings is 1. The Bertz CT molecular complexity index is 1580. The van der Waals surface area contributed by atoms with E-state index in [1.807, 2.05) is 4.90 Å². The van der Waals surface area contributed by atoms with E-state index in [-0.39, 0.29) is 22.6 Å². The van der Waals surface area contributed by atoms with Crippen LogP contribution in [0.15, 0.2) is 42.9 Å². The first-order chi connectivity index (χ1) is 18.0. The van der Waals surface area contributed by atoms with Crippen molar-refractivity contribution >= 4 is 50.3 Å². The van der Waals surface area contributed by atoms with E-state index in [1.54, 1.807) is 31.2 Å². The normalized spacial score (nSPS) is 18.0. The van der Waals surface area contributed by atoms with Crippen LogP contribution in [-0.2, 0) is 9.84 Å². The van der Waals surface area contributed by atoms with Crippen molar-refractivity contribution in [2.24, 2.45) is 5.41 Å². The summed E-state index contributed by atoms with van der Waals surface area (Å²) in [6, 6.07) is 8.75. The number of nitriles is 1. The molecule has 12 heteroatoms. The Morgan fingerprint density at radius 3 is 2.58 bits per heavy atom. The van der Waals surface area contributed by atoms with Gasteiger partial charge in [0.1, 0.15) is 23.7 Å². The largest absolute Gasteiger partial charge is 0.486 e. The van der Waals surface area contributed by atoms with Crippen LogP contribution in [0, 0.1) is 22.2 Å². The predicted octanol–water partition coefficient (Wildman–Crippen LogP) is 4.42. The van der Waals surface area contributed by atoms with Crippen LogP contribution in [0.3, 0.4) is 0 Å². The summed E-state index contributed by atoms with van der Waals surface area (Å²) < 4.78 is 29.9. The second-order valence-corrected chi connectivity index (χ2v) is 12.8. The quantitative estimate of drug-likeness (QED) is 0.327. The minimum absolute atomic E-state index is 0.0816. The highest BCUT2D eigenvalue weighted by Gasteiger charge is 2.51. The molecule has 0 radical (unpaired) electrons. The van der Waals surface area contributed by atoms with Crippen molar-refractivity contribution in [2.45, 2.75) is 19.4 Å². The molecule has 2 aliphatic heterocycles. The third-order valence-electron chi connectivity index (χ3n) is 7.00. The van der Waals surface area contributed by atoms with Crippen molar-refractivity contribution in [3.05, 3.63) is 75.2 Å². The van der Waals surface area contributed by atoms with Gasteiger partial charge >= 0.3 is 0 Å². The Morgan fingerprint density at radius 1 is 1.24 bits per heavy atom. The maximum absolute atomic E-state index is 11.9. The van der Waals surface area contributed by atoms with Gasteiger partial charge in [0, 0.05) is 59.5 Å². The number of halogens is 2. The molecule has 0 saturated carbocycles. The van der Waals surface area contributed by atoms with Crippen LogP contribution in [0.25, 0.3) is 0 Å². The molecular weight excluding hydrogens is 547 g/mol. The molecule has 2 aliphatic rings. The highest BCUT2D eigenvalue weighted by Crippen LogP contribution is 2.43. The highest BCUT2D eigenvalue weighted by molar-refractivity contribution is 7.91. The van der Waals surface area contributed by atoms with Crippen LogP contribution in [0.2, 0.25) is 10.0 Å². The smallest absolute Gasteiger partial charge is 0.151 e. The van der Waals surface area contributed by atoms with Gasteiger partial charge in [-0.25, -0.2) is 13.4 Å². The molecule has 3 N–H and O–H groups in total. The van der Waals surface area contributed by atoms with Gasteiger partial charge in [0.25, 0.3) is 0 Å². The van der Waals surface area contributed by atoms with E-state index < -0.39 is 15.9 Å². The van der Waals surface area contributed by atoms with Crippen molar-refractivity contribution in [3.8, 4) is 11.8 Å². The number of rotatable bonds is 6. The number of sulfone groups is 1. The third kappa shape index (κ3) is 4.89. The van der Waals surface area contributed by atoms with E-state index in [9.17, 15) is 13.7 Å². The monoisotopic (exact) mass is 570 g/mol. The fourth-order valence-electron chi connectivity index (χ4n) is 5.13.